The lowest BCUT2D eigenvalue weighted by Gasteiger charge is -2.05. The lowest BCUT2D eigenvalue weighted by atomic mass is 9.97. The Kier molecular flexibility index (Phi) is 7.95. The van der Waals surface area contributed by atoms with Gasteiger partial charge in [-0.2, -0.15) is 0 Å². The number of aryl methyl sites for hydroxylation is 2. The highest BCUT2D eigenvalue weighted by Gasteiger charge is 2.28. The summed E-state index contributed by atoms with van der Waals surface area (Å²) < 4.78 is 10.8. The van der Waals surface area contributed by atoms with Crippen molar-refractivity contribution in [2.45, 2.75) is 67.2 Å². The molecule has 0 unspecified atom stereocenters. The van der Waals surface area contributed by atoms with E-state index in [0.29, 0.717) is 38.9 Å². The van der Waals surface area contributed by atoms with Crippen molar-refractivity contribution in [3.63, 3.8) is 0 Å². The van der Waals surface area contributed by atoms with Crippen molar-refractivity contribution in [3.8, 4) is 0 Å². The Bertz CT molecular complexity index is 2140. The van der Waals surface area contributed by atoms with Crippen LogP contribution in [-0.4, -0.2) is 51.4 Å². The molecule has 5 aromatic rings. The summed E-state index contributed by atoms with van der Waals surface area (Å²) in [6, 6.07) is 7.80. The SMILES string of the molecule is CCOC(=O)c1nc2cc3nc(cc4[nH]c(cc5nc(C(=O)OCC)c6c(C=O)c1c2cc56)c(CC)c4CC)C(CC)=C3CC. The van der Waals surface area contributed by atoms with Gasteiger partial charge in [-0.3, -0.25) is 4.79 Å². The molecule has 0 fully saturated rings. The Morgan fingerprint density at radius 3 is 1.62 bits per heavy atom. The van der Waals surface area contributed by atoms with Gasteiger partial charge in [0.2, 0.25) is 0 Å². The number of hydrogen-bond donors (Lipinski definition) is 1. The van der Waals surface area contributed by atoms with Crippen LogP contribution in [0.3, 0.4) is 0 Å². The summed E-state index contributed by atoms with van der Waals surface area (Å²) in [7, 11) is 0. The van der Waals surface area contributed by atoms with Crippen molar-refractivity contribution in [1.82, 2.24) is 19.9 Å². The summed E-state index contributed by atoms with van der Waals surface area (Å²) in [6.07, 6.45) is 3.81. The largest absolute Gasteiger partial charge is 0.461 e. The van der Waals surface area contributed by atoms with Gasteiger partial charge >= 0.3 is 11.9 Å². The molecule has 1 aliphatic heterocycles. The Morgan fingerprint density at radius 1 is 0.667 bits per heavy atom. The quantitative estimate of drug-likeness (QED) is 0.134. The fourth-order valence-electron chi connectivity index (χ4n) is 6.80. The molecule has 6 rings (SSSR count). The first-order valence-corrected chi connectivity index (χ1v) is 15.7. The van der Waals surface area contributed by atoms with Gasteiger partial charge in [0.15, 0.2) is 17.7 Å². The van der Waals surface area contributed by atoms with E-state index >= 15 is 0 Å². The molecule has 1 N–H and O–H groups in total. The minimum absolute atomic E-state index is 0.00880. The number of nitrogens with zero attached hydrogens (tertiary/aromatic N) is 3. The molecule has 6 bridgehead atoms. The van der Waals surface area contributed by atoms with Gasteiger partial charge in [0, 0.05) is 38.1 Å². The molecule has 45 heavy (non-hydrogen) atoms. The summed E-state index contributed by atoms with van der Waals surface area (Å²) in [5.74, 6) is -1.30. The number of aldehydes is 1. The molecule has 0 atom stereocenters. The highest BCUT2D eigenvalue weighted by Crippen LogP contribution is 2.40. The van der Waals surface area contributed by atoms with E-state index in [1.54, 1.807) is 13.8 Å². The fraction of sp³-hybridized carbons (Fsp3) is 0.333. The Balaban J connectivity index is 1.92. The number of esters is 2. The zero-order valence-corrected chi connectivity index (χ0v) is 26.5. The van der Waals surface area contributed by atoms with Gasteiger partial charge in [-0.15, -0.1) is 0 Å². The van der Waals surface area contributed by atoms with Gasteiger partial charge in [0.25, 0.3) is 0 Å². The number of benzene rings is 1. The van der Waals surface area contributed by atoms with Crippen molar-refractivity contribution in [2.75, 3.05) is 13.2 Å². The maximum Gasteiger partial charge on any atom is 0.357 e. The Labute approximate surface area is 260 Å². The van der Waals surface area contributed by atoms with E-state index in [9.17, 15) is 14.4 Å². The number of carbonyl (C=O) groups is 3. The second-order valence-corrected chi connectivity index (χ2v) is 11.0. The number of rotatable bonds is 9. The molecule has 1 aliphatic rings. The monoisotopic (exact) mass is 604 g/mol. The van der Waals surface area contributed by atoms with E-state index in [1.807, 2.05) is 18.2 Å². The number of ether oxygens (including phenoxy) is 2. The molecule has 0 radical (unpaired) electrons. The van der Waals surface area contributed by atoms with Crippen LogP contribution in [0.15, 0.2) is 24.3 Å². The highest BCUT2D eigenvalue weighted by atomic mass is 16.5. The molecule has 9 nitrogen and oxygen atoms in total. The van der Waals surface area contributed by atoms with Gasteiger partial charge in [-0.25, -0.2) is 24.5 Å². The van der Waals surface area contributed by atoms with Crippen LogP contribution in [0.4, 0.5) is 0 Å². The average molecular weight is 605 g/mol. The molecule has 5 heterocycles. The standard InChI is InChI=1S/C36H36N4O5/c1-7-18-20(9-3)27-15-29-22-13-23-30(16-28-21(10-4)19(8-2)26(38-28)14-25(18)37-27)40-34(36(43)45-12-6)32(23)24(17-41)31(22)33(39-29)35(42)44-11-5/h13-17,37H,7-12H2,1-6H3. The summed E-state index contributed by atoms with van der Waals surface area (Å²) in [5, 5.41) is 1.80. The molecule has 0 saturated heterocycles. The number of H-pyrrole nitrogens is 1. The minimum atomic E-state index is -0.653. The highest BCUT2D eigenvalue weighted by molar-refractivity contribution is 6.27. The number of allylic oxidation sites excluding steroid dienone is 2. The lowest BCUT2D eigenvalue weighted by Crippen LogP contribution is -2.08. The second-order valence-electron chi connectivity index (χ2n) is 11.0. The first-order valence-electron chi connectivity index (χ1n) is 15.7. The normalized spacial score (nSPS) is 12.5. The van der Waals surface area contributed by atoms with Gasteiger partial charge in [0.1, 0.15) is 0 Å². The van der Waals surface area contributed by atoms with Crippen LogP contribution >= 0.6 is 0 Å². The first kappa shape index (κ1) is 30.1. The van der Waals surface area contributed by atoms with Gasteiger partial charge < -0.3 is 14.5 Å². The third-order valence-electron chi connectivity index (χ3n) is 8.67. The Hall–Kier alpha value is -4.92. The summed E-state index contributed by atoms with van der Waals surface area (Å²) in [6.45, 7) is 12.2. The topological polar surface area (TPSA) is 124 Å². The van der Waals surface area contributed by atoms with Crippen molar-refractivity contribution < 1.29 is 23.9 Å². The van der Waals surface area contributed by atoms with Crippen LogP contribution < -0.4 is 0 Å². The molecule has 0 saturated carbocycles. The van der Waals surface area contributed by atoms with E-state index in [2.05, 4.69) is 38.7 Å². The van der Waals surface area contributed by atoms with Crippen molar-refractivity contribution in [2.24, 2.45) is 0 Å². The smallest absolute Gasteiger partial charge is 0.357 e. The summed E-state index contributed by atoms with van der Waals surface area (Å²) in [5.41, 5.74) is 9.29. The van der Waals surface area contributed by atoms with Crippen LogP contribution in [0.25, 0.3) is 54.8 Å². The molecule has 230 valence electrons. The average Bonchev–Trinajstić information content (AvgIpc) is 3.77. The molecule has 0 amide bonds. The molecule has 0 aliphatic carbocycles. The van der Waals surface area contributed by atoms with Crippen LogP contribution in [0.5, 0.6) is 0 Å². The predicted molar refractivity (Wildman–Crippen MR) is 176 cm³/mol. The first-order chi connectivity index (χ1) is 21.8. The van der Waals surface area contributed by atoms with Crippen molar-refractivity contribution in [3.05, 3.63) is 63.7 Å². The maximum atomic E-state index is 13.3. The number of hydrogen-bond acceptors (Lipinski definition) is 8. The number of fused-ring (bicyclic) bond motifs is 4. The fourth-order valence-corrected chi connectivity index (χ4v) is 6.80. The van der Waals surface area contributed by atoms with Crippen LogP contribution in [0.1, 0.15) is 108 Å². The zero-order chi connectivity index (χ0) is 32.0. The molecule has 1 aromatic carbocycles. The van der Waals surface area contributed by atoms with E-state index in [0.717, 1.165) is 64.8 Å². The third-order valence-corrected chi connectivity index (χ3v) is 8.67. The minimum Gasteiger partial charge on any atom is -0.461 e. The number of carbonyl (C=O) groups excluding carboxylic acids is 3. The van der Waals surface area contributed by atoms with Gasteiger partial charge in [-0.05, 0) is 86.1 Å². The second kappa shape index (κ2) is 11.9. The molecule has 4 aromatic heterocycles. The zero-order valence-electron chi connectivity index (χ0n) is 26.5. The van der Waals surface area contributed by atoms with Crippen molar-refractivity contribution in [1.29, 1.82) is 0 Å². The summed E-state index contributed by atoms with van der Waals surface area (Å²) in [4.78, 5) is 57.8. The van der Waals surface area contributed by atoms with E-state index in [4.69, 9.17) is 24.4 Å². The lowest BCUT2D eigenvalue weighted by molar-refractivity contribution is 0.0514. The number of aromatic amines is 1. The van der Waals surface area contributed by atoms with Gasteiger partial charge in [0.05, 0.1) is 35.6 Å². The van der Waals surface area contributed by atoms with Crippen LogP contribution in [0, 0.1) is 0 Å². The number of aromatic nitrogens is 4. The van der Waals surface area contributed by atoms with Crippen LogP contribution in [0.2, 0.25) is 0 Å². The van der Waals surface area contributed by atoms with Crippen molar-refractivity contribution >= 4 is 73.0 Å². The van der Waals surface area contributed by atoms with Gasteiger partial charge in [-0.1, -0.05) is 27.7 Å². The molecule has 9 heteroatoms. The number of nitrogens with one attached hydrogen (secondary N) is 1. The van der Waals surface area contributed by atoms with Crippen LogP contribution in [-0.2, 0) is 22.3 Å². The summed E-state index contributed by atoms with van der Waals surface area (Å²) >= 11 is 0. The third kappa shape index (κ3) is 4.69. The van der Waals surface area contributed by atoms with E-state index < -0.39 is 11.9 Å². The molecular formula is C36H36N4O5. The Morgan fingerprint density at radius 2 is 1.16 bits per heavy atom. The predicted octanol–water partition coefficient (Wildman–Crippen LogP) is 7.71. The van der Waals surface area contributed by atoms with E-state index in [1.165, 1.54) is 5.56 Å². The molecular weight excluding hydrogens is 568 g/mol. The maximum absolute atomic E-state index is 13.3. The van der Waals surface area contributed by atoms with E-state index in [-0.39, 0.29) is 30.2 Å². The molecule has 0 spiro atoms.